The molecule has 0 spiro atoms. The number of nitrogens with zero attached hydrogens (tertiary/aromatic N) is 2. The maximum atomic E-state index is 13.0. The summed E-state index contributed by atoms with van der Waals surface area (Å²) >= 11 is 1.78. The first-order chi connectivity index (χ1) is 12.3. The van der Waals surface area contributed by atoms with Gasteiger partial charge >= 0.3 is 0 Å². The van der Waals surface area contributed by atoms with Crippen molar-refractivity contribution in [2.24, 2.45) is 0 Å². The van der Waals surface area contributed by atoms with E-state index in [1.807, 2.05) is 0 Å². The Morgan fingerprint density at radius 3 is 2.68 bits per heavy atom. The first-order valence-corrected chi connectivity index (χ1v) is 10.3. The van der Waals surface area contributed by atoms with E-state index in [4.69, 9.17) is 0 Å². The van der Waals surface area contributed by atoms with Crippen molar-refractivity contribution >= 4 is 17.2 Å². The van der Waals surface area contributed by atoms with Crippen molar-refractivity contribution in [2.45, 2.75) is 44.2 Å². The molecule has 2 saturated heterocycles. The Labute approximate surface area is 154 Å². The summed E-state index contributed by atoms with van der Waals surface area (Å²) in [7, 11) is 0. The van der Waals surface area contributed by atoms with Crippen LogP contribution >= 0.6 is 11.3 Å². The van der Waals surface area contributed by atoms with E-state index in [9.17, 15) is 4.79 Å². The molecule has 1 aromatic carbocycles. The summed E-state index contributed by atoms with van der Waals surface area (Å²) in [5, 5.41) is 2.12. The van der Waals surface area contributed by atoms with Crippen LogP contribution in [-0.4, -0.2) is 41.4 Å². The normalized spacial score (nSPS) is 24.1. The van der Waals surface area contributed by atoms with E-state index in [1.165, 1.54) is 23.3 Å². The minimum absolute atomic E-state index is 0.308. The summed E-state index contributed by atoms with van der Waals surface area (Å²) in [5.41, 5.74) is 1.38. The SMILES string of the molecule is O=C(CN1CCCC1Cc1ccccc1)N1CCCC1c1cccs1. The Morgan fingerprint density at radius 2 is 1.88 bits per heavy atom. The summed E-state index contributed by atoms with van der Waals surface area (Å²) in [4.78, 5) is 18.9. The van der Waals surface area contributed by atoms with Crippen LogP contribution in [-0.2, 0) is 11.2 Å². The van der Waals surface area contributed by atoms with E-state index in [0.29, 0.717) is 24.5 Å². The second-order valence-electron chi connectivity index (χ2n) is 7.22. The molecule has 2 atom stereocenters. The van der Waals surface area contributed by atoms with E-state index in [0.717, 1.165) is 32.4 Å². The highest BCUT2D eigenvalue weighted by atomic mass is 32.1. The lowest BCUT2D eigenvalue weighted by atomic mass is 10.0. The van der Waals surface area contributed by atoms with Crippen LogP contribution < -0.4 is 0 Å². The molecule has 0 saturated carbocycles. The number of thiophene rings is 1. The molecule has 2 unspecified atom stereocenters. The predicted octanol–water partition coefficient (Wildman–Crippen LogP) is 4.12. The molecule has 1 aromatic heterocycles. The standard InChI is InChI=1S/C21H26N2OS/c24-21(23-13-5-10-19(23)20-11-6-14-25-20)16-22-12-4-9-18(22)15-17-7-2-1-3-8-17/h1-3,6-8,11,14,18-19H,4-5,9-10,12-13,15-16H2. The maximum absolute atomic E-state index is 13.0. The van der Waals surface area contributed by atoms with Crippen LogP contribution in [0.4, 0.5) is 0 Å². The quantitative estimate of drug-likeness (QED) is 0.806. The Morgan fingerprint density at radius 1 is 1.04 bits per heavy atom. The Balaban J connectivity index is 1.39. The number of hydrogen-bond donors (Lipinski definition) is 0. The molecular weight excluding hydrogens is 328 g/mol. The van der Waals surface area contributed by atoms with E-state index in [-0.39, 0.29) is 0 Å². The monoisotopic (exact) mass is 354 g/mol. The van der Waals surface area contributed by atoms with Crippen LogP contribution in [0, 0.1) is 0 Å². The molecule has 0 bridgehead atoms. The van der Waals surface area contributed by atoms with Crippen LogP contribution in [0.5, 0.6) is 0 Å². The average molecular weight is 355 g/mol. The van der Waals surface area contributed by atoms with Gasteiger partial charge in [0, 0.05) is 17.5 Å². The smallest absolute Gasteiger partial charge is 0.237 e. The largest absolute Gasteiger partial charge is 0.334 e. The Kier molecular flexibility index (Phi) is 5.18. The molecule has 0 aliphatic carbocycles. The number of amides is 1. The zero-order valence-electron chi connectivity index (χ0n) is 14.6. The third-order valence-electron chi connectivity index (χ3n) is 5.60. The number of carbonyl (C=O) groups excluding carboxylic acids is 1. The van der Waals surface area contributed by atoms with Crippen LogP contribution in [0.3, 0.4) is 0 Å². The van der Waals surface area contributed by atoms with E-state index >= 15 is 0 Å². The molecule has 4 heteroatoms. The van der Waals surface area contributed by atoms with Crippen molar-refractivity contribution in [3.8, 4) is 0 Å². The number of carbonyl (C=O) groups is 1. The van der Waals surface area contributed by atoms with Gasteiger partial charge in [0.25, 0.3) is 0 Å². The van der Waals surface area contributed by atoms with Gasteiger partial charge in [-0.05, 0) is 55.7 Å². The highest BCUT2D eigenvalue weighted by Gasteiger charge is 2.33. The lowest BCUT2D eigenvalue weighted by molar-refractivity contribution is -0.133. The van der Waals surface area contributed by atoms with Gasteiger partial charge in [-0.3, -0.25) is 9.69 Å². The van der Waals surface area contributed by atoms with Gasteiger partial charge in [-0.2, -0.15) is 0 Å². The highest BCUT2D eigenvalue weighted by molar-refractivity contribution is 7.10. The first kappa shape index (κ1) is 16.8. The third-order valence-corrected chi connectivity index (χ3v) is 6.57. The van der Waals surface area contributed by atoms with Crippen molar-refractivity contribution in [3.05, 3.63) is 58.3 Å². The molecule has 2 fully saturated rings. The van der Waals surface area contributed by atoms with Gasteiger partial charge in [-0.1, -0.05) is 36.4 Å². The molecule has 2 aliphatic rings. The molecule has 2 aliphatic heterocycles. The molecule has 2 aromatic rings. The molecule has 25 heavy (non-hydrogen) atoms. The van der Waals surface area contributed by atoms with Crippen LogP contribution in [0.15, 0.2) is 47.8 Å². The lowest BCUT2D eigenvalue weighted by Gasteiger charge is -2.29. The minimum atomic E-state index is 0.308. The van der Waals surface area contributed by atoms with Gasteiger partial charge in [-0.15, -0.1) is 11.3 Å². The summed E-state index contributed by atoms with van der Waals surface area (Å²) in [6.45, 7) is 2.55. The molecule has 132 valence electrons. The topological polar surface area (TPSA) is 23.6 Å². The van der Waals surface area contributed by atoms with E-state index in [2.05, 4.69) is 57.6 Å². The van der Waals surface area contributed by atoms with Crippen molar-refractivity contribution in [2.75, 3.05) is 19.6 Å². The molecule has 1 amide bonds. The summed E-state index contributed by atoms with van der Waals surface area (Å²) in [6.07, 6.45) is 5.71. The molecule has 0 N–H and O–H groups in total. The van der Waals surface area contributed by atoms with Gasteiger partial charge in [0.2, 0.25) is 5.91 Å². The minimum Gasteiger partial charge on any atom is -0.334 e. The average Bonchev–Trinajstić information content (AvgIpc) is 3.37. The number of rotatable bonds is 5. The first-order valence-electron chi connectivity index (χ1n) is 9.42. The Bertz CT molecular complexity index is 685. The number of benzene rings is 1. The summed E-state index contributed by atoms with van der Waals surface area (Å²) in [6, 6.07) is 15.8. The fourth-order valence-electron chi connectivity index (χ4n) is 4.33. The van der Waals surface area contributed by atoms with Crippen LogP contribution in [0.2, 0.25) is 0 Å². The predicted molar refractivity (Wildman–Crippen MR) is 103 cm³/mol. The molecule has 4 rings (SSSR count). The number of likely N-dealkylation sites (tertiary alicyclic amines) is 2. The summed E-state index contributed by atoms with van der Waals surface area (Å²) < 4.78 is 0. The van der Waals surface area contributed by atoms with Gasteiger partial charge in [0.1, 0.15) is 0 Å². The van der Waals surface area contributed by atoms with Crippen molar-refractivity contribution in [3.63, 3.8) is 0 Å². The van der Waals surface area contributed by atoms with Crippen molar-refractivity contribution < 1.29 is 4.79 Å². The zero-order valence-corrected chi connectivity index (χ0v) is 15.5. The van der Waals surface area contributed by atoms with Gasteiger partial charge in [0.05, 0.1) is 12.6 Å². The molecule has 0 radical (unpaired) electrons. The molecule has 3 nitrogen and oxygen atoms in total. The third kappa shape index (κ3) is 3.80. The maximum Gasteiger partial charge on any atom is 0.237 e. The van der Waals surface area contributed by atoms with E-state index in [1.54, 1.807) is 11.3 Å². The van der Waals surface area contributed by atoms with Gasteiger partial charge in [0.15, 0.2) is 0 Å². The highest BCUT2D eigenvalue weighted by Crippen LogP contribution is 2.34. The van der Waals surface area contributed by atoms with Gasteiger partial charge in [-0.25, -0.2) is 0 Å². The zero-order chi connectivity index (χ0) is 17.1. The van der Waals surface area contributed by atoms with Crippen molar-refractivity contribution in [1.82, 2.24) is 9.80 Å². The molecular formula is C21H26N2OS. The number of hydrogen-bond acceptors (Lipinski definition) is 3. The second-order valence-corrected chi connectivity index (χ2v) is 8.20. The molecule has 3 heterocycles. The second kappa shape index (κ2) is 7.71. The van der Waals surface area contributed by atoms with Crippen LogP contribution in [0.1, 0.15) is 42.2 Å². The van der Waals surface area contributed by atoms with E-state index < -0.39 is 0 Å². The van der Waals surface area contributed by atoms with Crippen molar-refractivity contribution in [1.29, 1.82) is 0 Å². The Hall–Kier alpha value is -1.65. The van der Waals surface area contributed by atoms with Crippen LogP contribution in [0.25, 0.3) is 0 Å². The summed E-state index contributed by atoms with van der Waals surface area (Å²) in [5.74, 6) is 0.316. The fraction of sp³-hybridized carbons (Fsp3) is 0.476. The fourth-order valence-corrected chi connectivity index (χ4v) is 5.20. The lowest BCUT2D eigenvalue weighted by Crippen LogP contribution is -2.42. The van der Waals surface area contributed by atoms with Gasteiger partial charge < -0.3 is 4.90 Å².